The Bertz CT molecular complexity index is 571. The van der Waals surface area contributed by atoms with Gasteiger partial charge in [0.25, 0.3) is 0 Å². The van der Waals surface area contributed by atoms with E-state index in [1.807, 2.05) is 6.07 Å². The topological polar surface area (TPSA) is 36.9 Å². The van der Waals surface area contributed by atoms with Crippen molar-refractivity contribution in [1.29, 1.82) is 0 Å². The van der Waals surface area contributed by atoms with Crippen LogP contribution in [0.2, 0.25) is 0 Å². The van der Waals surface area contributed by atoms with Gasteiger partial charge in [0.1, 0.15) is 5.75 Å². The third-order valence-electron chi connectivity index (χ3n) is 5.11. The Labute approximate surface area is 165 Å². The summed E-state index contributed by atoms with van der Waals surface area (Å²) in [6, 6.07) is 6.88. The van der Waals surface area contributed by atoms with Crippen LogP contribution in [0, 0.1) is 11.8 Å². The quantitative estimate of drug-likeness (QED) is 0.414. The van der Waals surface area contributed by atoms with Gasteiger partial charge in [-0.05, 0) is 30.7 Å². The summed E-state index contributed by atoms with van der Waals surface area (Å²) in [6.45, 7) is -0.312. The van der Waals surface area contributed by atoms with Crippen molar-refractivity contribution in [1.82, 2.24) is 10.2 Å². The summed E-state index contributed by atoms with van der Waals surface area (Å²) in [7, 11) is 1.77. The van der Waals surface area contributed by atoms with E-state index < -0.39 is 6.61 Å². The molecule has 0 spiro atoms. The lowest BCUT2D eigenvalue weighted by Crippen LogP contribution is -2.40. The number of guanidine groups is 1. The van der Waals surface area contributed by atoms with Gasteiger partial charge < -0.3 is 15.0 Å². The Hall–Kier alpha value is -1.12. The Balaban J connectivity index is 0.00000225. The molecule has 25 heavy (non-hydrogen) atoms. The molecule has 1 aliphatic heterocycles. The fourth-order valence-electron chi connectivity index (χ4n) is 3.95. The number of para-hydroxylation sites is 1. The highest BCUT2D eigenvalue weighted by molar-refractivity contribution is 14.0. The zero-order valence-electron chi connectivity index (χ0n) is 14.5. The molecule has 0 bridgehead atoms. The minimum Gasteiger partial charge on any atom is -0.434 e. The number of rotatable bonds is 4. The molecule has 2 fully saturated rings. The monoisotopic (exact) mass is 465 g/mol. The van der Waals surface area contributed by atoms with Gasteiger partial charge in [-0.15, -0.1) is 24.0 Å². The summed E-state index contributed by atoms with van der Waals surface area (Å²) in [5.74, 6) is 2.60. The molecule has 140 valence electrons. The second-order valence-corrected chi connectivity index (χ2v) is 6.60. The van der Waals surface area contributed by atoms with Gasteiger partial charge in [0.05, 0.1) is 0 Å². The van der Waals surface area contributed by atoms with Crippen molar-refractivity contribution in [2.24, 2.45) is 16.8 Å². The minimum absolute atomic E-state index is 0. The predicted octanol–water partition coefficient (Wildman–Crippen LogP) is 4.10. The van der Waals surface area contributed by atoms with E-state index >= 15 is 0 Å². The molecule has 3 rings (SSSR count). The second-order valence-electron chi connectivity index (χ2n) is 6.60. The zero-order chi connectivity index (χ0) is 16.9. The van der Waals surface area contributed by atoms with Crippen LogP contribution in [0.5, 0.6) is 5.75 Å². The number of benzene rings is 1. The van der Waals surface area contributed by atoms with Crippen LogP contribution in [-0.4, -0.2) is 37.6 Å². The SMILES string of the molecule is CN=C(NCc1ccccc1OC(F)F)N1CC2CCCCC2C1.I. The van der Waals surface area contributed by atoms with Gasteiger partial charge in [-0.3, -0.25) is 4.99 Å². The van der Waals surface area contributed by atoms with Crippen LogP contribution in [-0.2, 0) is 6.54 Å². The second kappa shape index (κ2) is 9.54. The standard InChI is InChI=1S/C18H25F2N3O.HI/c1-21-18(23-11-14-7-2-3-8-15(14)12-23)22-10-13-6-4-5-9-16(13)24-17(19)20;/h4-6,9,14-15,17H,2-3,7-8,10-12H2,1H3,(H,21,22);1H. The van der Waals surface area contributed by atoms with Gasteiger partial charge in [0.15, 0.2) is 5.96 Å². The molecule has 0 radical (unpaired) electrons. The van der Waals surface area contributed by atoms with Crippen LogP contribution in [0.3, 0.4) is 0 Å². The zero-order valence-corrected chi connectivity index (χ0v) is 16.8. The number of alkyl halides is 2. The smallest absolute Gasteiger partial charge is 0.387 e. The van der Waals surface area contributed by atoms with Gasteiger partial charge in [-0.1, -0.05) is 31.0 Å². The number of hydrogen-bond acceptors (Lipinski definition) is 2. The minimum atomic E-state index is -2.81. The molecule has 1 saturated heterocycles. The predicted molar refractivity (Wildman–Crippen MR) is 106 cm³/mol. The van der Waals surface area contributed by atoms with E-state index in [0.29, 0.717) is 12.1 Å². The number of hydrogen-bond donors (Lipinski definition) is 1. The number of fused-ring (bicyclic) bond motifs is 1. The molecule has 1 saturated carbocycles. The molecule has 1 aliphatic carbocycles. The van der Waals surface area contributed by atoms with Gasteiger partial charge >= 0.3 is 6.61 Å². The molecule has 1 aromatic carbocycles. The van der Waals surface area contributed by atoms with Gasteiger partial charge in [-0.2, -0.15) is 8.78 Å². The summed E-state index contributed by atoms with van der Waals surface area (Å²) < 4.78 is 29.6. The molecule has 2 aliphatic rings. The molecule has 0 aromatic heterocycles. The first-order valence-electron chi connectivity index (χ1n) is 8.65. The highest BCUT2D eigenvalue weighted by Crippen LogP contribution is 2.36. The molecule has 2 atom stereocenters. The molecule has 1 aromatic rings. The van der Waals surface area contributed by atoms with Gasteiger partial charge in [0, 0.05) is 32.2 Å². The van der Waals surface area contributed by atoms with E-state index in [1.165, 1.54) is 25.7 Å². The van der Waals surface area contributed by atoms with Crippen LogP contribution in [0.15, 0.2) is 29.3 Å². The summed E-state index contributed by atoms with van der Waals surface area (Å²) in [4.78, 5) is 6.68. The van der Waals surface area contributed by atoms with E-state index in [4.69, 9.17) is 0 Å². The summed E-state index contributed by atoms with van der Waals surface area (Å²) >= 11 is 0. The number of aliphatic imine (C=N–C) groups is 1. The van der Waals surface area contributed by atoms with E-state index in [-0.39, 0.29) is 29.7 Å². The Morgan fingerprint density at radius 1 is 1.24 bits per heavy atom. The van der Waals surface area contributed by atoms with Crippen LogP contribution in [0.25, 0.3) is 0 Å². The molecule has 2 unspecified atom stereocenters. The molecular weight excluding hydrogens is 439 g/mol. The lowest BCUT2D eigenvalue weighted by Gasteiger charge is -2.22. The number of ether oxygens (including phenoxy) is 1. The summed E-state index contributed by atoms with van der Waals surface area (Å²) in [6.07, 6.45) is 5.28. The van der Waals surface area contributed by atoms with Crippen molar-refractivity contribution < 1.29 is 13.5 Å². The average molecular weight is 465 g/mol. The normalized spacial score (nSPS) is 23.2. The van der Waals surface area contributed by atoms with Crippen molar-refractivity contribution in [2.45, 2.75) is 38.8 Å². The number of likely N-dealkylation sites (tertiary alicyclic amines) is 1. The Morgan fingerprint density at radius 2 is 1.88 bits per heavy atom. The Morgan fingerprint density at radius 3 is 2.48 bits per heavy atom. The first kappa shape index (κ1) is 20.2. The molecule has 1 N–H and O–H groups in total. The van der Waals surface area contributed by atoms with Gasteiger partial charge in [-0.25, -0.2) is 0 Å². The van der Waals surface area contributed by atoms with Crippen LogP contribution >= 0.6 is 24.0 Å². The first-order valence-corrected chi connectivity index (χ1v) is 8.65. The lowest BCUT2D eigenvalue weighted by atomic mass is 9.82. The van der Waals surface area contributed by atoms with E-state index in [1.54, 1.807) is 25.2 Å². The summed E-state index contributed by atoms with van der Waals surface area (Å²) in [5, 5.41) is 3.30. The van der Waals surface area contributed by atoms with Crippen molar-refractivity contribution in [3.63, 3.8) is 0 Å². The largest absolute Gasteiger partial charge is 0.434 e. The number of halogens is 3. The van der Waals surface area contributed by atoms with E-state index in [0.717, 1.165) is 30.9 Å². The van der Waals surface area contributed by atoms with Crippen molar-refractivity contribution in [3.05, 3.63) is 29.8 Å². The van der Waals surface area contributed by atoms with Crippen LogP contribution in [0.1, 0.15) is 31.2 Å². The highest BCUT2D eigenvalue weighted by atomic mass is 127. The fourth-order valence-corrected chi connectivity index (χ4v) is 3.95. The van der Waals surface area contributed by atoms with Crippen LogP contribution < -0.4 is 10.1 Å². The average Bonchev–Trinajstić information content (AvgIpc) is 3.00. The first-order chi connectivity index (χ1) is 11.7. The van der Waals surface area contributed by atoms with Gasteiger partial charge in [0.2, 0.25) is 0 Å². The van der Waals surface area contributed by atoms with Crippen molar-refractivity contribution >= 4 is 29.9 Å². The number of nitrogens with zero attached hydrogens (tertiary/aromatic N) is 2. The van der Waals surface area contributed by atoms with E-state index in [2.05, 4.69) is 19.9 Å². The molecule has 1 heterocycles. The maximum absolute atomic E-state index is 12.5. The molecular formula is C18H26F2IN3O. The molecule has 7 heteroatoms. The highest BCUT2D eigenvalue weighted by Gasteiger charge is 2.35. The maximum atomic E-state index is 12.5. The van der Waals surface area contributed by atoms with Crippen molar-refractivity contribution in [3.8, 4) is 5.75 Å². The third-order valence-corrected chi connectivity index (χ3v) is 5.11. The van der Waals surface area contributed by atoms with Crippen molar-refractivity contribution in [2.75, 3.05) is 20.1 Å². The number of nitrogens with one attached hydrogen (secondary N) is 1. The lowest BCUT2D eigenvalue weighted by molar-refractivity contribution is -0.0504. The van der Waals surface area contributed by atoms with E-state index in [9.17, 15) is 8.78 Å². The maximum Gasteiger partial charge on any atom is 0.387 e. The fraction of sp³-hybridized carbons (Fsp3) is 0.611. The third kappa shape index (κ3) is 5.18. The summed E-state index contributed by atoms with van der Waals surface area (Å²) in [5.41, 5.74) is 0.704. The van der Waals surface area contributed by atoms with Crippen LogP contribution in [0.4, 0.5) is 8.78 Å². The molecule has 4 nitrogen and oxygen atoms in total. The Kier molecular flexibility index (Phi) is 7.71. The molecule has 0 amide bonds.